The number of aryl methyl sites for hydroxylation is 2. The van der Waals surface area contributed by atoms with Gasteiger partial charge in [-0.2, -0.15) is 0 Å². The molecule has 0 bridgehead atoms. The zero-order valence-corrected chi connectivity index (χ0v) is 20.9. The molecule has 0 amide bonds. The van der Waals surface area contributed by atoms with E-state index in [4.69, 9.17) is 27.9 Å². The highest BCUT2D eigenvalue weighted by molar-refractivity contribution is 7.13. The molecule has 0 unspecified atom stereocenters. The van der Waals surface area contributed by atoms with Crippen molar-refractivity contribution in [3.63, 3.8) is 0 Å². The molecule has 2 N–H and O–H groups in total. The first-order valence-electron chi connectivity index (χ1n) is 11.3. The van der Waals surface area contributed by atoms with Crippen LogP contribution in [0.5, 0.6) is 0 Å². The molecule has 3 rings (SSSR count). The highest BCUT2D eigenvalue weighted by atomic mass is 35.5. The van der Waals surface area contributed by atoms with E-state index in [1.807, 2.05) is 38.1 Å². The summed E-state index contributed by atoms with van der Waals surface area (Å²) in [5.74, 6) is 0.142. The minimum atomic E-state index is -0.391. The van der Waals surface area contributed by atoms with Crippen LogP contribution in [0.15, 0.2) is 30.3 Å². The van der Waals surface area contributed by atoms with Crippen molar-refractivity contribution >= 4 is 40.5 Å². The summed E-state index contributed by atoms with van der Waals surface area (Å²) in [6, 6.07) is 9.50. The molecule has 7 heteroatoms. The second kappa shape index (κ2) is 11.8. The van der Waals surface area contributed by atoms with Gasteiger partial charge in [-0.05, 0) is 99.6 Å². The average Bonchev–Trinajstić information content (AvgIpc) is 3.30. The molecule has 2 aromatic rings. The monoisotopic (exact) mass is 498 g/mol. The fourth-order valence-corrected chi connectivity index (χ4v) is 6.34. The number of benzene rings is 1. The Morgan fingerprint density at radius 2 is 1.91 bits per heavy atom. The molecule has 1 aromatic carbocycles. The molecular formula is C25H32Cl2O4S. The minimum absolute atomic E-state index is 0.0257. The SMILES string of the molecule is CC(C)OC(=O)c1ccc(CCC[C@@H]2[C@@H](CCc3cc(Cl)cc(CO)c3)[C@H](O)C[C@@H]2Cl)s1. The van der Waals surface area contributed by atoms with Gasteiger partial charge in [-0.15, -0.1) is 22.9 Å². The number of esters is 1. The molecule has 0 aliphatic heterocycles. The van der Waals surface area contributed by atoms with Gasteiger partial charge in [0.25, 0.3) is 0 Å². The number of alkyl halides is 1. The van der Waals surface area contributed by atoms with Crippen molar-refractivity contribution in [3.05, 3.63) is 56.2 Å². The Morgan fingerprint density at radius 1 is 1.16 bits per heavy atom. The quantitative estimate of drug-likeness (QED) is 0.310. The number of thiophene rings is 1. The summed E-state index contributed by atoms with van der Waals surface area (Å²) in [6.07, 6.45) is 4.53. The van der Waals surface area contributed by atoms with Crippen LogP contribution in [0.2, 0.25) is 5.02 Å². The molecule has 1 fully saturated rings. The molecule has 1 aliphatic rings. The predicted molar refractivity (Wildman–Crippen MR) is 131 cm³/mol. The minimum Gasteiger partial charge on any atom is -0.459 e. The molecule has 4 atom stereocenters. The summed E-state index contributed by atoms with van der Waals surface area (Å²) in [4.78, 5) is 13.8. The molecule has 1 saturated carbocycles. The summed E-state index contributed by atoms with van der Waals surface area (Å²) in [5, 5.41) is 20.6. The van der Waals surface area contributed by atoms with Gasteiger partial charge in [-0.3, -0.25) is 0 Å². The molecule has 0 saturated heterocycles. The number of aliphatic hydroxyl groups excluding tert-OH is 2. The van der Waals surface area contributed by atoms with Crippen LogP contribution in [0.3, 0.4) is 0 Å². The third-order valence-electron chi connectivity index (χ3n) is 6.11. The van der Waals surface area contributed by atoms with E-state index < -0.39 is 6.10 Å². The number of hydrogen-bond donors (Lipinski definition) is 2. The Hall–Kier alpha value is -1.11. The topological polar surface area (TPSA) is 66.8 Å². The maximum Gasteiger partial charge on any atom is 0.348 e. The Labute approximate surface area is 204 Å². The number of ether oxygens (including phenoxy) is 1. The van der Waals surface area contributed by atoms with Crippen molar-refractivity contribution in [1.82, 2.24) is 0 Å². The van der Waals surface area contributed by atoms with Gasteiger partial charge in [0.2, 0.25) is 0 Å². The lowest BCUT2D eigenvalue weighted by Crippen LogP contribution is -2.21. The number of rotatable bonds is 10. The second-order valence-corrected chi connectivity index (χ2v) is 11.1. The lowest BCUT2D eigenvalue weighted by atomic mass is 9.85. The third-order valence-corrected chi connectivity index (χ3v) is 7.95. The first kappa shape index (κ1) is 25.5. The van der Waals surface area contributed by atoms with E-state index in [9.17, 15) is 15.0 Å². The van der Waals surface area contributed by atoms with Crippen LogP contribution >= 0.6 is 34.5 Å². The van der Waals surface area contributed by atoms with Crippen molar-refractivity contribution in [2.75, 3.05) is 0 Å². The highest BCUT2D eigenvalue weighted by Crippen LogP contribution is 2.41. The largest absolute Gasteiger partial charge is 0.459 e. The summed E-state index contributed by atoms with van der Waals surface area (Å²) >= 11 is 14.3. The van der Waals surface area contributed by atoms with Crippen molar-refractivity contribution in [2.45, 2.75) is 76.6 Å². The number of carbonyl (C=O) groups is 1. The number of aliphatic hydroxyl groups is 2. The van der Waals surface area contributed by atoms with Crippen LogP contribution in [0.25, 0.3) is 0 Å². The summed E-state index contributed by atoms with van der Waals surface area (Å²) in [5.41, 5.74) is 1.88. The number of halogens is 2. The molecule has 176 valence electrons. The zero-order valence-electron chi connectivity index (χ0n) is 18.6. The molecule has 1 aromatic heterocycles. The second-order valence-electron chi connectivity index (χ2n) is 8.92. The van der Waals surface area contributed by atoms with Gasteiger partial charge in [0.15, 0.2) is 0 Å². The van der Waals surface area contributed by atoms with Crippen molar-refractivity contribution < 1.29 is 19.7 Å². The Kier molecular flexibility index (Phi) is 9.44. The molecule has 1 aliphatic carbocycles. The van der Waals surface area contributed by atoms with E-state index in [0.717, 1.165) is 48.1 Å². The standard InChI is InChI=1S/C25H32Cl2O4S/c1-15(2)31-25(30)24-9-7-19(32-24)4-3-5-20-21(23(29)13-22(20)27)8-6-16-10-17(14-28)12-18(26)11-16/h7,9-12,15,20-23,28-29H,3-6,8,13-14H2,1-2H3/t20-,21-,22+,23-/m1/s1. The lowest BCUT2D eigenvalue weighted by molar-refractivity contribution is 0.0384. The molecule has 32 heavy (non-hydrogen) atoms. The summed E-state index contributed by atoms with van der Waals surface area (Å²) in [6.45, 7) is 3.66. The van der Waals surface area contributed by atoms with Crippen LogP contribution in [-0.4, -0.2) is 33.8 Å². The van der Waals surface area contributed by atoms with Gasteiger partial charge < -0.3 is 14.9 Å². The van der Waals surface area contributed by atoms with E-state index >= 15 is 0 Å². The average molecular weight is 500 g/mol. The normalized spacial score (nSPS) is 23.1. The Bertz CT molecular complexity index is 898. The fraction of sp³-hybridized carbons (Fsp3) is 0.560. The van der Waals surface area contributed by atoms with Crippen LogP contribution in [0.1, 0.15) is 65.2 Å². The smallest absolute Gasteiger partial charge is 0.348 e. The molecule has 0 spiro atoms. The van der Waals surface area contributed by atoms with E-state index in [1.165, 1.54) is 11.3 Å². The van der Waals surface area contributed by atoms with Gasteiger partial charge in [-0.25, -0.2) is 4.79 Å². The fourth-order valence-electron chi connectivity index (χ4n) is 4.63. The first-order valence-corrected chi connectivity index (χ1v) is 12.9. The molecular weight excluding hydrogens is 467 g/mol. The van der Waals surface area contributed by atoms with E-state index in [-0.39, 0.29) is 35.9 Å². The Balaban J connectivity index is 1.54. The van der Waals surface area contributed by atoms with Crippen LogP contribution in [0.4, 0.5) is 0 Å². The summed E-state index contributed by atoms with van der Waals surface area (Å²) in [7, 11) is 0. The van der Waals surface area contributed by atoms with Gasteiger partial charge in [0.05, 0.1) is 18.8 Å². The van der Waals surface area contributed by atoms with Gasteiger partial charge >= 0.3 is 5.97 Å². The maximum atomic E-state index is 12.0. The molecule has 4 nitrogen and oxygen atoms in total. The van der Waals surface area contributed by atoms with Crippen LogP contribution in [-0.2, 0) is 24.2 Å². The van der Waals surface area contributed by atoms with E-state index in [0.29, 0.717) is 16.3 Å². The van der Waals surface area contributed by atoms with Crippen molar-refractivity contribution in [2.24, 2.45) is 11.8 Å². The first-order chi connectivity index (χ1) is 15.3. The van der Waals surface area contributed by atoms with Gasteiger partial charge in [-0.1, -0.05) is 17.7 Å². The van der Waals surface area contributed by atoms with Crippen LogP contribution < -0.4 is 0 Å². The highest BCUT2D eigenvalue weighted by Gasteiger charge is 2.40. The summed E-state index contributed by atoms with van der Waals surface area (Å²) < 4.78 is 5.26. The van der Waals surface area contributed by atoms with E-state index in [1.54, 1.807) is 6.07 Å². The number of carbonyl (C=O) groups excluding carboxylic acids is 1. The zero-order chi connectivity index (χ0) is 23.3. The molecule has 0 radical (unpaired) electrons. The Morgan fingerprint density at radius 3 is 2.62 bits per heavy atom. The van der Waals surface area contributed by atoms with Crippen LogP contribution in [0, 0.1) is 11.8 Å². The van der Waals surface area contributed by atoms with Crippen molar-refractivity contribution in [3.8, 4) is 0 Å². The number of hydrogen-bond acceptors (Lipinski definition) is 5. The lowest BCUT2D eigenvalue weighted by Gasteiger charge is -2.23. The van der Waals surface area contributed by atoms with Gasteiger partial charge in [0.1, 0.15) is 4.88 Å². The third kappa shape index (κ3) is 6.94. The molecule has 1 heterocycles. The van der Waals surface area contributed by atoms with Crippen molar-refractivity contribution in [1.29, 1.82) is 0 Å². The van der Waals surface area contributed by atoms with E-state index in [2.05, 4.69) is 0 Å². The predicted octanol–water partition coefficient (Wildman–Crippen LogP) is 6.02. The van der Waals surface area contributed by atoms with Gasteiger partial charge in [0, 0.05) is 15.3 Å². The maximum absolute atomic E-state index is 12.0.